The molecule has 3 aromatic rings. The zero-order valence-electron chi connectivity index (χ0n) is 17.9. The van der Waals surface area contributed by atoms with Crippen molar-refractivity contribution < 1.29 is 9.59 Å². The van der Waals surface area contributed by atoms with E-state index < -0.39 is 12.1 Å². The van der Waals surface area contributed by atoms with Gasteiger partial charge in [0.25, 0.3) is 0 Å². The maximum atomic E-state index is 13.0. The van der Waals surface area contributed by atoms with Crippen molar-refractivity contribution in [2.75, 3.05) is 11.9 Å². The average molecular weight is 473 g/mol. The first kappa shape index (κ1) is 24.0. The van der Waals surface area contributed by atoms with E-state index in [2.05, 4.69) is 20.6 Å². The highest BCUT2D eigenvalue weighted by Gasteiger charge is 2.24. The first-order valence-corrected chi connectivity index (χ1v) is 12.2. The summed E-state index contributed by atoms with van der Waals surface area (Å²) in [6, 6.07) is 8.39. The van der Waals surface area contributed by atoms with Crippen LogP contribution in [0.4, 0.5) is 5.13 Å². The number of nitrogens with one attached hydrogen (secondary N) is 2. The summed E-state index contributed by atoms with van der Waals surface area (Å²) >= 11 is 2.84. The smallest absolute Gasteiger partial charge is 0.248 e. The topological polar surface area (TPSA) is 136 Å². The van der Waals surface area contributed by atoms with Crippen LogP contribution in [0.1, 0.15) is 30.5 Å². The van der Waals surface area contributed by atoms with E-state index in [0.717, 1.165) is 21.8 Å². The Hall–Kier alpha value is -2.66. The highest BCUT2D eigenvalue weighted by molar-refractivity contribution is 7.16. The van der Waals surface area contributed by atoms with Gasteiger partial charge in [0.15, 0.2) is 5.13 Å². The molecule has 32 heavy (non-hydrogen) atoms. The number of amides is 2. The quantitative estimate of drug-likeness (QED) is 0.339. The first-order valence-electron chi connectivity index (χ1n) is 10.4. The number of benzene rings is 1. The Morgan fingerprint density at radius 2 is 1.91 bits per heavy atom. The Labute approximate surface area is 195 Å². The third-order valence-corrected chi connectivity index (χ3v) is 6.67. The molecule has 3 rings (SSSR count). The number of thiazole rings is 2. The fourth-order valence-electron chi connectivity index (χ4n) is 3.15. The standard InChI is InChI=1S/C22H28N6O2S2/c1-14-19(32-13-25-14)18-12-31-22(27-18)28-21(30)17(10-9-15-6-3-2-4-7-15)26-20(29)16(24)8-5-11-23/h2-4,6-7,12-13,16-17H,5,8-11,23-24H2,1H3,(H,26,29)(H,27,28,30)/t16-,17+/m0/s1. The Morgan fingerprint density at radius 1 is 1.12 bits per heavy atom. The van der Waals surface area contributed by atoms with Crippen molar-refractivity contribution in [2.24, 2.45) is 11.5 Å². The third-order valence-electron chi connectivity index (χ3n) is 4.97. The molecule has 0 fully saturated rings. The molecular formula is C22H28N6O2S2. The van der Waals surface area contributed by atoms with Gasteiger partial charge in [-0.2, -0.15) is 0 Å². The van der Waals surface area contributed by atoms with Crippen molar-refractivity contribution >= 4 is 39.6 Å². The van der Waals surface area contributed by atoms with Gasteiger partial charge in [-0.15, -0.1) is 22.7 Å². The molecule has 2 aromatic heterocycles. The molecule has 2 heterocycles. The lowest BCUT2D eigenvalue weighted by Gasteiger charge is -2.20. The second kappa shape index (κ2) is 11.8. The Balaban J connectivity index is 1.68. The normalized spacial score (nSPS) is 12.8. The second-order valence-electron chi connectivity index (χ2n) is 7.42. The number of carbonyl (C=O) groups is 2. The van der Waals surface area contributed by atoms with Crippen LogP contribution in [0.2, 0.25) is 0 Å². The van der Waals surface area contributed by atoms with Gasteiger partial charge in [0.1, 0.15) is 6.04 Å². The van der Waals surface area contributed by atoms with E-state index in [1.807, 2.05) is 42.6 Å². The van der Waals surface area contributed by atoms with Crippen molar-refractivity contribution in [3.63, 3.8) is 0 Å². The van der Waals surface area contributed by atoms with Crippen LogP contribution in [0.25, 0.3) is 10.6 Å². The molecule has 2 atom stereocenters. The van der Waals surface area contributed by atoms with Crippen molar-refractivity contribution in [1.82, 2.24) is 15.3 Å². The van der Waals surface area contributed by atoms with E-state index >= 15 is 0 Å². The minimum Gasteiger partial charge on any atom is -0.343 e. The summed E-state index contributed by atoms with van der Waals surface area (Å²) in [6.07, 6.45) is 2.20. The van der Waals surface area contributed by atoms with Crippen molar-refractivity contribution in [2.45, 2.75) is 44.7 Å². The number of hydrogen-bond acceptors (Lipinski definition) is 8. The summed E-state index contributed by atoms with van der Waals surface area (Å²) in [5.41, 5.74) is 16.0. The minimum atomic E-state index is -0.732. The van der Waals surface area contributed by atoms with E-state index in [0.29, 0.717) is 37.4 Å². The van der Waals surface area contributed by atoms with Crippen LogP contribution >= 0.6 is 22.7 Å². The van der Waals surface area contributed by atoms with Crippen LogP contribution in [0.3, 0.4) is 0 Å². The molecular weight excluding hydrogens is 444 g/mol. The van der Waals surface area contributed by atoms with Gasteiger partial charge < -0.3 is 22.1 Å². The van der Waals surface area contributed by atoms with Crippen molar-refractivity contribution in [3.8, 4) is 10.6 Å². The summed E-state index contributed by atoms with van der Waals surface area (Å²) in [6.45, 7) is 2.39. The van der Waals surface area contributed by atoms with Gasteiger partial charge in [-0.05, 0) is 44.7 Å². The summed E-state index contributed by atoms with van der Waals surface area (Å²) < 4.78 is 0. The largest absolute Gasteiger partial charge is 0.343 e. The molecule has 0 saturated carbocycles. The molecule has 8 nitrogen and oxygen atoms in total. The predicted molar refractivity (Wildman–Crippen MR) is 130 cm³/mol. The van der Waals surface area contributed by atoms with Crippen LogP contribution < -0.4 is 22.1 Å². The van der Waals surface area contributed by atoms with E-state index in [1.54, 1.807) is 5.51 Å². The lowest BCUT2D eigenvalue weighted by atomic mass is 10.0. The van der Waals surface area contributed by atoms with E-state index in [9.17, 15) is 9.59 Å². The Morgan fingerprint density at radius 3 is 2.59 bits per heavy atom. The fraction of sp³-hybridized carbons (Fsp3) is 0.364. The van der Waals surface area contributed by atoms with Crippen LogP contribution in [0, 0.1) is 6.92 Å². The SMILES string of the molecule is Cc1ncsc1-c1csc(NC(=O)[C@@H](CCc2ccccc2)NC(=O)[C@@H](N)CCCN)n1. The number of nitrogens with two attached hydrogens (primary N) is 2. The molecule has 0 unspecified atom stereocenters. The number of carbonyl (C=O) groups excluding carboxylic acids is 2. The van der Waals surface area contributed by atoms with Gasteiger partial charge in [-0.25, -0.2) is 9.97 Å². The van der Waals surface area contributed by atoms with Gasteiger partial charge in [0, 0.05) is 5.38 Å². The summed E-state index contributed by atoms with van der Waals surface area (Å²) in [5, 5.41) is 8.02. The summed E-state index contributed by atoms with van der Waals surface area (Å²) in [7, 11) is 0. The third kappa shape index (κ3) is 6.67. The molecule has 0 aliphatic carbocycles. The number of anilines is 1. The maximum absolute atomic E-state index is 13.0. The molecule has 0 saturated heterocycles. The number of rotatable bonds is 11. The average Bonchev–Trinajstić information content (AvgIpc) is 3.43. The molecule has 0 aliphatic heterocycles. The number of aromatic nitrogens is 2. The number of hydrogen-bond donors (Lipinski definition) is 4. The molecule has 2 amide bonds. The van der Waals surface area contributed by atoms with Crippen LogP contribution in [0.15, 0.2) is 41.2 Å². The van der Waals surface area contributed by atoms with Crippen LogP contribution in [-0.4, -0.2) is 40.4 Å². The molecule has 1 aromatic carbocycles. The van der Waals surface area contributed by atoms with E-state index in [-0.39, 0.29) is 11.8 Å². The van der Waals surface area contributed by atoms with Gasteiger partial charge in [-0.3, -0.25) is 9.59 Å². The number of nitrogens with zero attached hydrogens (tertiary/aromatic N) is 2. The predicted octanol–water partition coefficient (Wildman–Crippen LogP) is 2.70. The van der Waals surface area contributed by atoms with Gasteiger partial charge in [-0.1, -0.05) is 30.3 Å². The first-order chi connectivity index (χ1) is 15.5. The molecule has 0 aliphatic rings. The van der Waals surface area contributed by atoms with Crippen molar-refractivity contribution in [1.29, 1.82) is 0 Å². The van der Waals surface area contributed by atoms with E-state index in [4.69, 9.17) is 11.5 Å². The highest BCUT2D eigenvalue weighted by atomic mass is 32.1. The maximum Gasteiger partial charge on any atom is 0.248 e. The lowest BCUT2D eigenvalue weighted by molar-refractivity contribution is -0.127. The monoisotopic (exact) mass is 472 g/mol. The van der Waals surface area contributed by atoms with Gasteiger partial charge in [0.2, 0.25) is 11.8 Å². The second-order valence-corrected chi connectivity index (χ2v) is 9.13. The molecule has 0 bridgehead atoms. The Bertz CT molecular complexity index is 1020. The zero-order valence-corrected chi connectivity index (χ0v) is 19.5. The molecule has 6 N–H and O–H groups in total. The van der Waals surface area contributed by atoms with Gasteiger partial charge in [0.05, 0.1) is 27.8 Å². The lowest BCUT2D eigenvalue weighted by Crippen LogP contribution is -2.50. The summed E-state index contributed by atoms with van der Waals surface area (Å²) in [4.78, 5) is 35.3. The minimum absolute atomic E-state index is 0.317. The van der Waals surface area contributed by atoms with Gasteiger partial charge >= 0.3 is 0 Å². The van der Waals surface area contributed by atoms with Crippen molar-refractivity contribution in [3.05, 3.63) is 52.5 Å². The summed E-state index contributed by atoms with van der Waals surface area (Å²) in [5.74, 6) is -0.672. The molecule has 170 valence electrons. The fourth-order valence-corrected chi connectivity index (χ4v) is 4.69. The zero-order chi connectivity index (χ0) is 22.9. The highest BCUT2D eigenvalue weighted by Crippen LogP contribution is 2.30. The molecule has 0 spiro atoms. The van der Waals surface area contributed by atoms with E-state index in [1.165, 1.54) is 22.7 Å². The van der Waals surface area contributed by atoms with Crippen LogP contribution in [0.5, 0.6) is 0 Å². The molecule has 10 heteroatoms. The molecule has 0 radical (unpaired) electrons. The Kier molecular flexibility index (Phi) is 8.86. The number of aryl methyl sites for hydroxylation is 2. The van der Waals surface area contributed by atoms with Crippen LogP contribution in [-0.2, 0) is 16.0 Å².